The number of carbonyl (C=O) groups is 2. The second kappa shape index (κ2) is 11.1. The number of benzene rings is 2. The zero-order valence-corrected chi connectivity index (χ0v) is 21.6. The van der Waals surface area contributed by atoms with Gasteiger partial charge in [-0.25, -0.2) is 4.79 Å². The maximum atomic E-state index is 13.0. The predicted octanol–water partition coefficient (Wildman–Crippen LogP) is 4.81. The Hall–Kier alpha value is -4.07. The Morgan fingerprint density at radius 1 is 1.06 bits per heavy atom. The van der Waals surface area contributed by atoms with Crippen molar-refractivity contribution in [2.45, 2.75) is 47.1 Å². The lowest BCUT2D eigenvalue weighted by Gasteiger charge is -2.21. The SMILES string of the molecule is CCOC(=O)C[C@H](NC(=O)Nc1c(O)cc(C)n(C)c1=O)c1cc(C)cc(-c2c(C)cccc2C)c1. The van der Waals surface area contributed by atoms with E-state index in [0.717, 1.165) is 33.4 Å². The smallest absolute Gasteiger partial charge is 0.319 e. The number of pyridine rings is 1. The van der Waals surface area contributed by atoms with Gasteiger partial charge in [-0.2, -0.15) is 0 Å². The fourth-order valence-corrected chi connectivity index (χ4v) is 4.30. The van der Waals surface area contributed by atoms with Gasteiger partial charge in [0.15, 0.2) is 5.69 Å². The quantitative estimate of drug-likeness (QED) is 0.411. The number of carbonyl (C=O) groups excluding carboxylic acids is 2. The number of aromatic nitrogens is 1. The molecule has 8 nitrogen and oxygen atoms in total. The minimum atomic E-state index is -0.733. The molecule has 36 heavy (non-hydrogen) atoms. The molecule has 2 aromatic carbocycles. The van der Waals surface area contributed by atoms with Gasteiger partial charge in [0.05, 0.1) is 19.1 Å². The molecule has 1 heterocycles. The molecule has 0 fully saturated rings. The van der Waals surface area contributed by atoms with Crippen LogP contribution in [0.4, 0.5) is 10.5 Å². The van der Waals surface area contributed by atoms with Crippen LogP contribution < -0.4 is 16.2 Å². The molecule has 2 amide bonds. The summed E-state index contributed by atoms with van der Waals surface area (Å²) < 4.78 is 6.46. The van der Waals surface area contributed by atoms with Crippen LogP contribution in [0.1, 0.15) is 47.3 Å². The third-order valence-electron chi connectivity index (χ3n) is 6.14. The van der Waals surface area contributed by atoms with E-state index in [9.17, 15) is 19.5 Å². The standard InChI is InChI=1S/C28H33N3O5/c1-7-36-24(33)15-22(29-28(35)30-26-23(32)13-19(5)31(6)27(26)34)20-11-16(2)12-21(14-20)25-17(3)9-8-10-18(25)4/h8-14,22,32H,7,15H2,1-6H3,(H2,29,30,35)/t22-/m0/s1. The van der Waals surface area contributed by atoms with Crippen LogP contribution in [0.5, 0.6) is 5.75 Å². The molecule has 0 aliphatic heterocycles. The number of ether oxygens (including phenoxy) is 1. The van der Waals surface area contributed by atoms with E-state index in [1.807, 2.05) is 51.1 Å². The molecular weight excluding hydrogens is 458 g/mol. The molecular formula is C28H33N3O5. The third kappa shape index (κ3) is 5.94. The van der Waals surface area contributed by atoms with Gasteiger partial charge in [0.1, 0.15) is 5.75 Å². The Morgan fingerprint density at radius 2 is 1.72 bits per heavy atom. The summed E-state index contributed by atoms with van der Waals surface area (Å²) in [4.78, 5) is 37.9. The van der Waals surface area contributed by atoms with Crippen LogP contribution in [0.2, 0.25) is 0 Å². The van der Waals surface area contributed by atoms with Crippen molar-refractivity contribution in [1.29, 1.82) is 0 Å². The van der Waals surface area contributed by atoms with Gasteiger partial charge < -0.3 is 25.0 Å². The van der Waals surface area contributed by atoms with Gasteiger partial charge in [-0.1, -0.05) is 35.9 Å². The maximum Gasteiger partial charge on any atom is 0.319 e. The zero-order valence-electron chi connectivity index (χ0n) is 21.6. The molecule has 0 saturated carbocycles. The first-order valence-corrected chi connectivity index (χ1v) is 11.8. The van der Waals surface area contributed by atoms with Crippen molar-refractivity contribution in [3.8, 4) is 16.9 Å². The van der Waals surface area contributed by atoms with E-state index in [1.54, 1.807) is 20.9 Å². The highest BCUT2D eigenvalue weighted by Crippen LogP contribution is 2.31. The highest BCUT2D eigenvalue weighted by atomic mass is 16.5. The summed E-state index contributed by atoms with van der Waals surface area (Å²) in [6.45, 7) is 9.64. The molecule has 0 aliphatic carbocycles. The summed E-state index contributed by atoms with van der Waals surface area (Å²) in [7, 11) is 1.55. The van der Waals surface area contributed by atoms with Crippen molar-refractivity contribution in [3.63, 3.8) is 0 Å². The Morgan fingerprint density at radius 3 is 2.36 bits per heavy atom. The molecule has 0 saturated heterocycles. The van der Waals surface area contributed by atoms with Gasteiger partial charge in [-0.3, -0.25) is 9.59 Å². The number of nitrogens with one attached hydrogen (secondary N) is 2. The average Bonchev–Trinajstić information content (AvgIpc) is 2.80. The van der Waals surface area contributed by atoms with Crippen molar-refractivity contribution in [2.75, 3.05) is 11.9 Å². The van der Waals surface area contributed by atoms with E-state index >= 15 is 0 Å². The van der Waals surface area contributed by atoms with E-state index in [1.165, 1.54) is 10.6 Å². The fraction of sp³-hybridized carbons (Fsp3) is 0.321. The van der Waals surface area contributed by atoms with E-state index in [0.29, 0.717) is 5.69 Å². The molecule has 0 bridgehead atoms. The monoisotopic (exact) mass is 491 g/mol. The first-order chi connectivity index (χ1) is 17.0. The second-order valence-electron chi connectivity index (χ2n) is 8.97. The van der Waals surface area contributed by atoms with Crippen molar-refractivity contribution >= 4 is 17.7 Å². The van der Waals surface area contributed by atoms with Gasteiger partial charge in [-0.05, 0) is 68.5 Å². The van der Waals surface area contributed by atoms with E-state index in [-0.39, 0.29) is 24.5 Å². The Balaban J connectivity index is 1.99. The number of rotatable bonds is 7. The number of aryl methyl sites for hydroxylation is 4. The average molecular weight is 492 g/mol. The number of nitrogens with zero attached hydrogens (tertiary/aromatic N) is 1. The van der Waals surface area contributed by atoms with E-state index in [2.05, 4.69) is 16.7 Å². The minimum Gasteiger partial charge on any atom is -0.505 e. The highest BCUT2D eigenvalue weighted by Gasteiger charge is 2.22. The molecule has 0 unspecified atom stereocenters. The first-order valence-electron chi connectivity index (χ1n) is 11.8. The van der Waals surface area contributed by atoms with Crippen molar-refractivity contribution < 1.29 is 19.4 Å². The molecule has 8 heteroatoms. The summed E-state index contributed by atoms with van der Waals surface area (Å²) in [5.74, 6) is -0.799. The molecule has 3 aromatic rings. The number of anilines is 1. The summed E-state index contributed by atoms with van der Waals surface area (Å²) in [6, 6.07) is 11.9. The van der Waals surface area contributed by atoms with E-state index < -0.39 is 23.6 Å². The van der Waals surface area contributed by atoms with Crippen LogP contribution in [0.3, 0.4) is 0 Å². The number of aromatic hydroxyl groups is 1. The van der Waals surface area contributed by atoms with Crippen LogP contribution >= 0.6 is 0 Å². The molecule has 0 spiro atoms. The first kappa shape index (κ1) is 26.5. The van der Waals surface area contributed by atoms with Crippen molar-refractivity contribution in [2.24, 2.45) is 7.05 Å². The van der Waals surface area contributed by atoms with Crippen LogP contribution in [-0.4, -0.2) is 28.3 Å². The van der Waals surface area contributed by atoms with Crippen molar-refractivity contribution in [1.82, 2.24) is 9.88 Å². The fourth-order valence-electron chi connectivity index (χ4n) is 4.30. The molecule has 1 atom stereocenters. The molecule has 190 valence electrons. The molecule has 3 rings (SSSR count). The normalized spacial score (nSPS) is 11.6. The van der Waals surface area contributed by atoms with Gasteiger partial charge >= 0.3 is 12.0 Å². The van der Waals surface area contributed by atoms with Crippen LogP contribution in [-0.2, 0) is 16.6 Å². The van der Waals surface area contributed by atoms with Gasteiger partial charge in [0.25, 0.3) is 5.56 Å². The predicted molar refractivity (Wildman–Crippen MR) is 140 cm³/mol. The molecule has 0 aliphatic rings. The summed E-state index contributed by atoms with van der Waals surface area (Å²) in [5.41, 5.74) is 5.74. The highest BCUT2D eigenvalue weighted by molar-refractivity contribution is 5.91. The molecule has 3 N–H and O–H groups in total. The summed E-state index contributed by atoms with van der Waals surface area (Å²) >= 11 is 0. The molecule has 1 aromatic heterocycles. The third-order valence-corrected chi connectivity index (χ3v) is 6.14. The van der Waals surface area contributed by atoms with Crippen LogP contribution in [0, 0.1) is 27.7 Å². The number of hydrogen-bond donors (Lipinski definition) is 3. The Kier molecular flexibility index (Phi) is 8.19. The van der Waals surface area contributed by atoms with Gasteiger partial charge in [-0.15, -0.1) is 0 Å². The Bertz CT molecular complexity index is 1340. The number of amides is 2. The van der Waals surface area contributed by atoms with Gasteiger partial charge in [0.2, 0.25) is 0 Å². The zero-order chi connectivity index (χ0) is 26.6. The number of urea groups is 1. The largest absolute Gasteiger partial charge is 0.505 e. The maximum absolute atomic E-state index is 13.0. The lowest BCUT2D eigenvalue weighted by molar-refractivity contribution is -0.143. The van der Waals surface area contributed by atoms with Gasteiger partial charge in [0, 0.05) is 18.8 Å². The lowest BCUT2D eigenvalue weighted by atomic mass is 9.91. The number of hydrogen-bond acceptors (Lipinski definition) is 5. The second-order valence-corrected chi connectivity index (χ2v) is 8.97. The molecule has 0 radical (unpaired) electrons. The van der Waals surface area contributed by atoms with Crippen LogP contribution in [0.15, 0.2) is 47.3 Å². The van der Waals surface area contributed by atoms with E-state index in [4.69, 9.17) is 4.74 Å². The van der Waals surface area contributed by atoms with Crippen molar-refractivity contribution in [3.05, 3.63) is 80.8 Å². The lowest BCUT2D eigenvalue weighted by Crippen LogP contribution is -2.36. The topological polar surface area (TPSA) is 110 Å². The minimum absolute atomic E-state index is 0.102. The number of esters is 1. The summed E-state index contributed by atoms with van der Waals surface area (Å²) in [5, 5.41) is 15.5. The summed E-state index contributed by atoms with van der Waals surface area (Å²) in [6.07, 6.45) is -0.102. The van der Waals surface area contributed by atoms with Crippen LogP contribution in [0.25, 0.3) is 11.1 Å². The Labute approximate surface area is 210 Å².